The van der Waals surface area contributed by atoms with E-state index >= 15 is 0 Å². The van der Waals surface area contributed by atoms with Gasteiger partial charge in [-0.3, -0.25) is 9.59 Å². The number of carbonyl (C=O) groups is 2. The molecule has 22 heavy (non-hydrogen) atoms. The van der Waals surface area contributed by atoms with E-state index in [1.165, 1.54) is 0 Å². The molecule has 0 aromatic heterocycles. The number of amides is 1. The van der Waals surface area contributed by atoms with E-state index in [-0.39, 0.29) is 12.3 Å². The van der Waals surface area contributed by atoms with Gasteiger partial charge in [0, 0.05) is 5.41 Å². The third-order valence-corrected chi connectivity index (χ3v) is 3.03. The smallest absolute Gasteiger partial charge is 0.320 e. The molecule has 6 heteroatoms. The van der Waals surface area contributed by atoms with E-state index < -0.39 is 17.4 Å². The van der Waals surface area contributed by atoms with Crippen LogP contribution in [0, 0.1) is 5.41 Å². The van der Waals surface area contributed by atoms with Crippen LogP contribution in [0.3, 0.4) is 0 Å². The highest BCUT2D eigenvalue weighted by molar-refractivity contribution is 5.81. The second-order valence-corrected chi connectivity index (χ2v) is 6.15. The molecule has 6 nitrogen and oxygen atoms in total. The van der Waals surface area contributed by atoms with Crippen LogP contribution >= 0.6 is 0 Å². The molecule has 1 aromatic carbocycles. The Morgan fingerprint density at radius 3 is 2.36 bits per heavy atom. The number of aliphatic carboxylic acids is 1. The van der Waals surface area contributed by atoms with Crippen LogP contribution in [-0.2, 0) is 16.0 Å². The SMILES string of the molecule is CC(C)(C)C(=O)NCCOc1ccc(C[C@H](N)C(=O)O)cc1. The Morgan fingerprint density at radius 1 is 1.27 bits per heavy atom. The predicted molar refractivity (Wildman–Crippen MR) is 83.7 cm³/mol. The maximum atomic E-state index is 11.7. The zero-order chi connectivity index (χ0) is 16.8. The summed E-state index contributed by atoms with van der Waals surface area (Å²) >= 11 is 0. The fraction of sp³-hybridized carbons (Fsp3) is 0.500. The van der Waals surface area contributed by atoms with Gasteiger partial charge < -0.3 is 20.9 Å². The van der Waals surface area contributed by atoms with Crippen LogP contribution in [-0.4, -0.2) is 36.2 Å². The number of hydrogen-bond acceptors (Lipinski definition) is 4. The topological polar surface area (TPSA) is 102 Å². The summed E-state index contributed by atoms with van der Waals surface area (Å²) in [6.45, 7) is 6.36. The van der Waals surface area contributed by atoms with Gasteiger partial charge in [-0.25, -0.2) is 0 Å². The standard InChI is InChI=1S/C16H24N2O4/c1-16(2,3)15(21)18-8-9-22-12-6-4-11(5-7-12)10-13(17)14(19)20/h4-7,13H,8-10,17H2,1-3H3,(H,18,21)(H,19,20)/t13-/m0/s1. The van der Waals surface area contributed by atoms with E-state index in [9.17, 15) is 9.59 Å². The van der Waals surface area contributed by atoms with Gasteiger partial charge in [0.05, 0.1) is 6.54 Å². The van der Waals surface area contributed by atoms with E-state index in [0.717, 1.165) is 5.56 Å². The highest BCUT2D eigenvalue weighted by Crippen LogP contribution is 2.14. The average molecular weight is 308 g/mol. The lowest BCUT2D eigenvalue weighted by Crippen LogP contribution is -2.37. The molecule has 4 N–H and O–H groups in total. The van der Waals surface area contributed by atoms with Crippen LogP contribution in [0.4, 0.5) is 0 Å². The van der Waals surface area contributed by atoms with Gasteiger partial charge >= 0.3 is 5.97 Å². The van der Waals surface area contributed by atoms with E-state index in [1.54, 1.807) is 24.3 Å². The molecule has 0 bridgehead atoms. The number of nitrogens with one attached hydrogen (secondary N) is 1. The molecule has 0 saturated carbocycles. The quantitative estimate of drug-likeness (QED) is 0.657. The molecule has 1 atom stereocenters. The van der Waals surface area contributed by atoms with Crippen molar-refractivity contribution in [3.63, 3.8) is 0 Å². The van der Waals surface area contributed by atoms with E-state index in [1.807, 2.05) is 20.8 Å². The summed E-state index contributed by atoms with van der Waals surface area (Å²) in [7, 11) is 0. The predicted octanol–water partition coefficient (Wildman–Crippen LogP) is 1.18. The first-order chi connectivity index (χ1) is 10.2. The molecule has 0 fully saturated rings. The molecule has 0 aliphatic carbocycles. The van der Waals surface area contributed by atoms with Gasteiger partial charge in [-0.05, 0) is 24.1 Å². The summed E-state index contributed by atoms with van der Waals surface area (Å²) < 4.78 is 5.51. The van der Waals surface area contributed by atoms with Crippen LogP contribution in [0.15, 0.2) is 24.3 Å². The molecule has 122 valence electrons. The number of carbonyl (C=O) groups excluding carboxylic acids is 1. The van der Waals surface area contributed by atoms with E-state index in [4.69, 9.17) is 15.6 Å². The van der Waals surface area contributed by atoms with Crippen LogP contribution in [0.1, 0.15) is 26.3 Å². The van der Waals surface area contributed by atoms with Gasteiger partial charge in [0.25, 0.3) is 0 Å². The van der Waals surface area contributed by atoms with Crippen molar-refractivity contribution in [1.29, 1.82) is 0 Å². The molecule has 1 rings (SSSR count). The van der Waals surface area contributed by atoms with Crippen molar-refractivity contribution in [2.24, 2.45) is 11.1 Å². The van der Waals surface area contributed by atoms with Gasteiger partial charge in [-0.15, -0.1) is 0 Å². The minimum Gasteiger partial charge on any atom is -0.492 e. The zero-order valence-corrected chi connectivity index (χ0v) is 13.3. The fourth-order valence-electron chi connectivity index (χ4n) is 1.66. The monoisotopic (exact) mass is 308 g/mol. The molecular formula is C16H24N2O4. The molecule has 1 amide bonds. The molecule has 0 saturated heterocycles. The molecule has 0 aliphatic rings. The number of carboxylic acids is 1. The Morgan fingerprint density at radius 2 is 1.86 bits per heavy atom. The summed E-state index contributed by atoms with van der Waals surface area (Å²) in [4.78, 5) is 22.3. The summed E-state index contributed by atoms with van der Waals surface area (Å²) in [6.07, 6.45) is 0.275. The molecule has 0 radical (unpaired) electrons. The number of rotatable bonds is 7. The van der Waals surface area contributed by atoms with Gasteiger partial charge in [0.2, 0.25) is 5.91 Å². The van der Waals surface area contributed by atoms with Crippen molar-refractivity contribution in [2.75, 3.05) is 13.2 Å². The first-order valence-corrected chi connectivity index (χ1v) is 7.18. The third-order valence-electron chi connectivity index (χ3n) is 3.03. The summed E-state index contributed by atoms with van der Waals surface area (Å²) in [5, 5.41) is 11.6. The number of nitrogens with two attached hydrogens (primary N) is 1. The number of ether oxygens (including phenoxy) is 1. The number of carboxylic acid groups (broad SMARTS) is 1. The van der Waals surface area contributed by atoms with Crippen LogP contribution in [0.25, 0.3) is 0 Å². The lowest BCUT2D eigenvalue weighted by molar-refractivity contribution is -0.138. The number of benzene rings is 1. The van der Waals surface area contributed by atoms with Crippen LogP contribution in [0.5, 0.6) is 5.75 Å². The van der Waals surface area contributed by atoms with Crippen molar-refractivity contribution in [2.45, 2.75) is 33.2 Å². The first-order valence-electron chi connectivity index (χ1n) is 7.18. The Labute approximate surface area is 130 Å². The highest BCUT2D eigenvalue weighted by Gasteiger charge is 2.20. The normalized spacial score (nSPS) is 12.5. The lowest BCUT2D eigenvalue weighted by Gasteiger charge is -2.17. The van der Waals surface area contributed by atoms with Crippen molar-refractivity contribution >= 4 is 11.9 Å². The minimum atomic E-state index is -1.02. The Kier molecular flexibility index (Phi) is 6.37. The van der Waals surface area contributed by atoms with Crippen molar-refractivity contribution in [3.8, 4) is 5.75 Å². The summed E-state index contributed by atoms with van der Waals surface area (Å²) in [5.74, 6) is -0.373. The Balaban J connectivity index is 2.36. The van der Waals surface area contributed by atoms with Gasteiger partial charge in [0.1, 0.15) is 18.4 Å². The van der Waals surface area contributed by atoms with Gasteiger partial charge in [0.15, 0.2) is 0 Å². The van der Waals surface area contributed by atoms with Crippen molar-refractivity contribution < 1.29 is 19.4 Å². The molecule has 0 heterocycles. The van der Waals surface area contributed by atoms with Crippen molar-refractivity contribution in [3.05, 3.63) is 29.8 Å². The summed E-state index contributed by atoms with van der Waals surface area (Å²) in [5.41, 5.74) is 5.90. The molecule has 0 spiro atoms. The Hall–Kier alpha value is -2.08. The lowest BCUT2D eigenvalue weighted by atomic mass is 9.96. The molecular weight excluding hydrogens is 284 g/mol. The first kappa shape index (κ1) is 18.0. The zero-order valence-electron chi connectivity index (χ0n) is 13.3. The maximum Gasteiger partial charge on any atom is 0.320 e. The minimum absolute atomic E-state index is 0.0193. The molecule has 1 aromatic rings. The van der Waals surface area contributed by atoms with E-state index in [2.05, 4.69) is 5.32 Å². The van der Waals surface area contributed by atoms with Gasteiger partial charge in [-0.2, -0.15) is 0 Å². The second-order valence-electron chi connectivity index (χ2n) is 6.15. The van der Waals surface area contributed by atoms with Crippen LogP contribution in [0.2, 0.25) is 0 Å². The van der Waals surface area contributed by atoms with E-state index in [0.29, 0.717) is 18.9 Å². The van der Waals surface area contributed by atoms with Gasteiger partial charge in [-0.1, -0.05) is 32.9 Å². The third kappa shape index (κ3) is 6.13. The maximum absolute atomic E-state index is 11.7. The summed E-state index contributed by atoms with van der Waals surface area (Å²) in [6, 6.07) is 6.18. The molecule has 0 unspecified atom stereocenters. The second kappa shape index (κ2) is 7.79. The van der Waals surface area contributed by atoms with Crippen molar-refractivity contribution in [1.82, 2.24) is 5.32 Å². The van der Waals surface area contributed by atoms with Crippen LogP contribution < -0.4 is 15.8 Å². The molecule has 0 aliphatic heterocycles. The fourth-order valence-corrected chi connectivity index (χ4v) is 1.66. The highest BCUT2D eigenvalue weighted by atomic mass is 16.5. The number of hydrogen-bond donors (Lipinski definition) is 3. The average Bonchev–Trinajstić information content (AvgIpc) is 2.43. The largest absolute Gasteiger partial charge is 0.492 e. The Bertz CT molecular complexity index is 506.